The van der Waals surface area contributed by atoms with Gasteiger partial charge in [0.25, 0.3) is 5.91 Å². The van der Waals surface area contributed by atoms with E-state index in [0.717, 1.165) is 5.56 Å². The second-order valence-corrected chi connectivity index (χ2v) is 6.53. The molecule has 0 aromatic heterocycles. The van der Waals surface area contributed by atoms with Crippen molar-refractivity contribution in [3.05, 3.63) is 65.7 Å². The minimum Gasteiger partial charge on any atom is -0.497 e. The van der Waals surface area contributed by atoms with Crippen LogP contribution in [0.1, 0.15) is 22.8 Å². The molecule has 1 aliphatic rings. The van der Waals surface area contributed by atoms with Crippen LogP contribution in [0.4, 0.5) is 4.79 Å². The number of rotatable bonds is 9. The summed E-state index contributed by atoms with van der Waals surface area (Å²) in [4.78, 5) is 52.4. The van der Waals surface area contributed by atoms with Gasteiger partial charge in [0.15, 0.2) is 11.8 Å². The maximum atomic E-state index is 13.0. The number of carbonyl (C=O) groups excluding carboxylic acids is 4. The van der Waals surface area contributed by atoms with Gasteiger partial charge in [0, 0.05) is 12.2 Å². The molecule has 8 heteroatoms. The molecule has 2 atom stereocenters. The molecule has 3 rings (SSSR count). The molecule has 0 spiro atoms. The first-order chi connectivity index (χ1) is 14.5. The van der Waals surface area contributed by atoms with E-state index >= 15 is 0 Å². The first kappa shape index (κ1) is 21.2. The van der Waals surface area contributed by atoms with Gasteiger partial charge in [0.05, 0.1) is 13.7 Å². The Morgan fingerprint density at radius 2 is 1.77 bits per heavy atom. The summed E-state index contributed by atoms with van der Waals surface area (Å²) in [7, 11) is 1.48. The molecule has 0 N–H and O–H groups in total. The maximum absolute atomic E-state index is 13.0. The maximum Gasteiger partial charge on any atom is 0.330 e. The van der Waals surface area contributed by atoms with Crippen LogP contribution in [0.3, 0.4) is 0 Å². The summed E-state index contributed by atoms with van der Waals surface area (Å²) in [6, 6.07) is 12.6. The Labute approximate surface area is 174 Å². The van der Waals surface area contributed by atoms with Crippen LogP contribution in [0.2, 0.25) is 0 Å². The first-order valence-electron chi connectivity index (χ1n) is 9.37. The molecule has 1 fully saturated rings. The number of Topliss-reactive ketones (excluding diaryl/α,β-unsaturated/α-hetero) is 1. The molecule has 2 unspecified atom stereocenters. The number of nitrogens with zero attached hydrogens (tertiary/aromatic N) is 2. The molecule has 1 heterocycles. The zero-order chi connectivity index (χ0) is 21.7. The Morgan fingerprint density at radius 3 is 2.33 bits per heavy atom. The number of ether oxygens (including phenoxy) is 2. The average molecular weight is 409 g/mol. The molecule has 0 aliphatic carbocycles. The Hall–Kier alpha value is -3.52. The highest BCUT2D eigenvalue weighted by molar-refractivity contribution is 6.16. The third kappa shape index (κ3) is 4.08. The Kier molecular flexibility index (Phi) is 6.58. The lowest BCUT2D eigenvalue weighted by Gasteiger charge is -2.22. The summed E-state index contributed by atoms with van der Waals surface area (Å²) in [5.74, 6) is -0.962. The van der Waals surface area contributed by atoms with Crippen molar-refractivity contribution in [2.75, 3.05) is 13.7 Å². The van der Waals surface area contributed by atoms with Crippen LogP contribution in [0.5, 0.6) is 5.75 Å². The van der Waals surface area contributed by atoms with Crippen LogP contribution in [0, 0.1) is 0 Å². The van der Waals surface area contributed by atoms with Gasteiger partial charge in [-0.3, -0.25) is 19.3 Å². The normalized spacial score (nSPS) is 17.2. The molecule has 0 bridgehead atoms. The van der Waals surface area contributed by atoms with E-state index in [-0.39, 0.29) is 18.7 Å². The lowest BCUT2D eigenvalue weighted by molar-refractivity contribution is -0.142. The van der Waals surface area contributed by atoms with E-state index in [9.17, 15) is 19.2 Å². The highest BCUT2D eigenvalue weighted by Gasteiger charge is 2.50. The number of amides is 3. The van der Waals surface area contributed by atoms with E-state index in [0.29, 0.717) is 10.6 Å². The quantitative estimate of drug-likeness (QED) is 0.358. The Morgan fingerprint density at radius 1 is 1.10 bits per heavy atom. The van der Waals surface area contributed by atoms with Gasteiger partial charge in [-0.2, -0.15) is 0 Å². The van der Waals surface area contributed by atoms with Gasteiger partial charge in [-0.05, 0) is 36.8 Å². The topological polar surface area (TPSA) is 93.2 Å². The van der Waals surface area contributed by atoms with Crippen LogP contribution < -0.4 is 4.74 Å². The predicted molar refractivity (Wildman–Crippen MR) is 106 cm³/mol. The van der Waals surface area contributed by atoms with Crippen molar-refractivity contribution in [1.29, 1.82) is 0 Å². The van der Waals surface area contributed by atoms with Crippen molar-refractivity contribution >= 4 is 24.0 Å². The summed E-state index contributed by atoms with van der Waals surface area (Å²) in [5, 5.41) is 0. The van der Waals surface area contributed by atoms with E-state index in [1.165, 1.54) is 24.1 Å². The molecule has 1 aliphatic heterocycles. The molecule has 155 valence electrons. The second kappa shape index (κ2) is 9.32. The summed E-state index contributed by atoms with van der Waals surface area (Å²) in [6.07, 6.45) is 0.330. The number of ketones is 1. The standard InChI is InChI=1S/C22H21N2O6/c1-3-30-21-20(27)24(22(28)23(21)13-15-7-5-4-6-8-15)18(14-25)19(26)16-9-11-17(29-2)12-10-16/h4-12,18,21H,3,13H2,1-2H3. The van der Waals surface area contributed by atoms with Crippen LogP contribution in [0.25, 0.3) is 0 Å². The average Bonchev–Trinajstić information content (AvgIpc) is 3.00. The third-order valence-electron chi connectivity index (χ3n) is 4.70. The van der Waals surface area contributed by atoms with Crippen molar-refractivity contribution in [1.82, 2.24) is 9.80 Å². The van der Waals surface area contributed by atoms with E-state index in [1.807, 2.05) is 6.07 Å². The number of benzene rings is 2. The van der Waals surface area contributed by atoms with E-state index in [4.69, 9.17) is 9.47 Å². The van der Waals surface area contributed by atoms with Crippen molar-refractivity contribution < 1.29 is 28.7 Å². The Balaban J connectivity index is 1.89. The van der Waals surface area contributed by atoms with Crippen molar-refractivity contribution in [3.63, 3.8) is 0 Å². The molecule has 1 radical (unpaired) electrons. The van der Waals surface area contributed by atoms with E-state index < -0.39 is 30.0 Å². The fourth-order valence-corrected chi connectivity index (χ4v) is 3.21. The van der Waals surface area contributed by atoms with Gasteiger partial charge in [-0.25, -0.2) is 9.69 Å². The predicted octanol–water partition coefficient (Wildman–Crippen LogP) is 2.18. The zero-order valence-electron chi connectivity index (χ0n) is 16.6. The lowest BCUT2D eigenvalue weighted by atomic mass is 10.0. The van der Waals surface area contributed by atoms with Crippen molar-refractivity contribution in [3.8, 4) is 5.75 Å². The number of imide groups is 1. The summed E-state index contributed by atoms with van der Waals surface area (Å²) >= 11 is 0. The lowest BCUT2D eigenvalue weighted by Crippen LogP contribution is -2.47. The minimum absolute atomic E-state index is 0.0921. The molecular weight excluding hydrogens is 388 g/mol. The van der Waals surface area contributed by atoms with E-state index in [1.54, 1.807) is 49.6 Å². The van der Waals surface area contributed by atoms with Gasteiger partial charge in [-0.15, -0.1) is 0 Å². The minimum atomic E-state index is -1.71. The number of carbonyl (C=O) groups is 3. The van der Waals surface area contributed by atoms with Gasteiger partial charge in [-0.1, -0.05) is 30.3 Å². The van der Waals surface area contributed by atoms with Crippen molar-refractivity contribution in [2.45, 2.75) is 25.7 Å². The molecule has 2 aromatic rings. The number of hydrogen-bond acceptors (Lipinski definition) is 6. The number of urea groups is 1. The van der Waals surface area contributed by atoms with Crippen LogP contribution in [-0.4, -0.2) is 59.8 Å². The molecule has 0 saturated carbocycles. The number of methoxy groups -OCH3 is 1. The van der Waals surface area contributed by atoms with Crippen LogP contribution >= 0.6 is 0 Å². The van der Waals surface area contributed by atoms with E-state index in [2.05, 4.69) is 0 Å². The Bertz CT molecular complexity index is 928. The summed E-state index contributed by atoms with van der Waals surface area (Å²) < 4.78 is 10.5. The summed E-state index contributed by atoms with van der Waals surface area (Å²) in [6.45, 7) is 1.95. The highest BCUT2D eigenvalue weighted by atomic mass is 16.5. The SMILES string of the molecule is CCOC1C(=O)N(C([C]=O)C(=O)c2ccc(OC)cc2)C(=O)N1Cc1ccccc1. The smallest absolute Gasteiger partial charge is 0.330 e. The summed E-state index contributed by atoms with van der Waals surface area (Å²) in [5.41, 5.74) is 0.928. The third-order valence-corrected chi connectivity index (χ3v) is 4.70. The second-order valence-electron chi connectivity index (χ2n) is 6.53. The molecular formula is C22H21N2O6. The number of hydrogen-bond donors (Lipinski definition) is 0. The van der Waals surface area contributed by atoms with Crippen LogP contribution in [0.15, 0.2) is 54.6 Å². The van der Waals surface area contributed by atoms with Crippen LogP contribution in [-0.2, 0) is 20.9 Å². The zero-order valence-corrected chi connectivity index (χ0v) is 16.6. The van der Waals surface area contributed by atoms with Gasteiger partial charge in [0.1, 0.15) is 5.75 Å². The van der Waals surface area contributed by atoms with Gasteiger partial charge < -0.3 is 9.47 Å². The van der Waals surface area contributed by atoms with Gasteiger partial charge in [0.2, 0.25) is 12.5 Å². The van der Waals surface area contributed by atoms with Crippen molar-refractivity contribution in [2.24, 2.45) is 0 Å². The molecule has 2 aromatic carbocycles. The fourth-order valence-electron chi connectivity index (χ4n) is 3.21. The molecule has 1 saturated heterocycles. The monoisotopic (exact) mass is 409 g/mol. The molecule has 8 nitrogen and oxygen atoms in total. The molecule has 30 heavy (non-hydrogen) atoms. The largest absolute Gasteiger partial charge is 0.497 e. The highest BCUT2D eigenvalue weighted by Crippen LogP contribution is 2.25. The first-order valence-corrected chi connectivity index (χ1v) is 9.37. The fraction of sp³-hybridized carbons (Fsp3) is 0.273. The van der Waals surface area contributed by atoms with Gasteiger partial charge >= 0.3 is 6.03 Å². The molecule has 3 amide bonds.